The van der Waals surface area contributed by atoms with Crippen LogP contribution >= 0.6 is 0 Å². The molecule has 0 radical (unpaired) electrons. The fraction of sp³-hybridized carbons (Fsp3) is 0.440. The minimum atomic E-state index is -0.441. The molecule has 1 unspecified atom stereocenters. The van der Waals surface area contributed by atoms with Crippen molar-refractivity contribution >= 4 is 11.7 Å². The summed E-state index contributed by atoms with van der Waals surface area (Å²) < 4.78 is 13.5. The Morgan fingerprint density at radius 3 is 2.74 bits per heavy atom. The molecule has 34 heavy (non-hydrogen) atoms. The van der Waals surface area contributed by atoms with Gasteiger partial charge < -0.3 is 14.8 Å². The molecule has 5 heterocycles. The van der Waals surface area contributed by atoms with E-state index in [0.29, 0.717) is 23.4 Å². The van der Waals surface area contributed by atoms with Gasteiger partial charge in [0.15, 0.2) is 0 Å². The molecule has 0 bridgehead atoms. The average Bonchev–Trinajstić information content (AvgIpc) is 3.38. The number of piperidine rings is 1. The third-order valence-corrected chi connectivity index (χ3v) is 6.62. The first-order valence-corrected chi connectivity index (χ1v) is 11.6. The molecule has 3 aromatic heterocycles. The predicted octanol–water partition coefficient (Wildman–Crippen LogP) is 3.45. The van der Waals surface area contributed by atoms with Gasteiger partial charge in [-0.1, -0.05) is 6.07 Å². The van der Waals surface area contributed by atoms with E-state index in [9.17, 15) is 4.79 Å². The highest BCUT2D eigenvalue weighted by Crippen LogP contribution is 2.46. The minimum Gasteiger partial charge on any atom is -0.469 e. The van der Waals surface area contributed by atoms with Crippen LogP contribution in [0.4, 0.5) is 5.82 Å². The Balaban J connectivity index is 1.37. The second-order valence-electron chi connectivity index (χ2n) is 9.46. The number of rotatable bonds is 5. The van der Waals surface area contributed by atoms with Crippen molar-refractivity contribution in [3.63, 3.8) is 0 Å². The summed E-state index contributed by atoms with van der Waals surface area (Å²) in [6.45, 7) is 5.98. The second-order valence-corrected chi connectivity index (χ2v) is 9.46. The van der Waals surface area contributed by atoms with Gasteiger partial charge in [-0.05, 0) is 44.9 Å². The zero-order valence-electron chi connectivity index (χ0n) is 20.0. The van der Waals surface area contributed by atoms with E-state index in [2.05, 4.69) is 39.1 Å². The molecule has 9 heteroatoms. The quantitative estimate of drug-likeness (QED) is 0.621. The highest BCUT2D eigenvalue weighted by Gasteiger charge is 2.46. The first-order valence-electron chi connectivity index (χ1n) is 11.6. The monoisotopic (exact) mass is 462 g/mol. The maximum absolute atomic E-state index is 13.1. The SMILES string of the molecule is COC1CCN(C2c3cc(C(=O)Nc4cccc(-c5cnn(C)c5)n4)cnc3OC2(C)C)CC1. The highest BCUT2D eigenvalue weighted by molar-refractivity contribution is 6.03. The van der Waals surface area contributed by atoms with E-state index in [1.54, 1.807) is 30.3 Å². The Morgan fingerprint density at radius 2 is 2.03 bits per heavy atom. The van der Waals surface area contributed by atoms with Crippen molar-refractivity contribution in [3.05, 3.63) is 54.0 Å². The number of amides is 1. The second kappa shape index (κ2) is 8.81. The van der Waals surface area contributed by atoms with E-state index in [4.69, 9.17) is 9.47 Å². The van der Waals surface area contributed by atoms with Crippen LogP contribution in [0.25, 0.3) is 11.3 Å². The number of aryl methyl sites for hydroxylation is 1. The molecule has 1 saturated heterocycles. The maximum atomic E-state index is 13.1. The number of hydrogen-bond acceptors (Lipinski definition) is 7. The zero-order chi connectivity index (χ0) is 23.9. The van der Waals surface area contributed by atoms with Crippen molar-refractivity contribution in [3.8, 4) is 17.1 Å². The van der Waals surface area contributed by atoms with E-state index < -0.39 is 5.60 Å². The van der Waals surface area contributed by atoms with Crippen LogP contribution < -0.4 is 10.1 Å². The van der Waals surface area contributed by atoms with Gasteiger partial charge in [-0.15, -0.1) is 0 Å². The lowest BCUT2D eigenvalue weighted by Gasteiger charge is -2.40. The van der Waals surface area contributed by atoms with E-state index in [0.717, 1.165) is 42.8 Å². The van der Waals surface area contributed by atoms with Gasteiger partial charge in [-0.3, -0.25) is 14.4 Å². The summed E-state index contributed by atoms with van der Waals surface area (Å²) in [6, 6.07) is 7.45. The van der Waals surface area contributed by atoms with E-state index in [1.807, 2.05) is 31.4 Å². The van der Waals surface area contributed by atoms with Crippen molar-refractivity contribution in [2.45, 2.75) is 44.4 Å². The molecule has 3 aromatic rings. The molecule has 1 atom stereocenters. The van der Waals surface area contributed by atoms with Crippen molar-refractivity contribution in [2.24, 2.45) is 7.05 Å². The molecule has 0 saturated carbocycles. The van der Waals surface area contributed by atoms with Crippen molar-refractivity contribution < 1.29 is 14.3 Å². The number of methoxy groups -OCH3 is 1. The van der Waals surface area contributed by atoms with Gasteiger partial charge in [-0.25, -0.2) is 9.97 Å². The third kappa shape index (κ3) is 4.28. The molecule has 1 fully saturated rings. The molecule has 1 amide bonds. The molecular formula is C25H30N6O3. The van der Waals surface area contributed by atoms with Crippen molar-refractivity contribution in [1.82, 2.24) is 24.6 Å². The number of aromatic nitrogens is 4. The van der Waals surface area contributed by atoms with Crippen LogP contribution in [0.15, 0.2) is 42.9 Å². The first kappa shape index (κ1) is 22.5. The smallest absolute Gasteiger partial charge is 0.258 e. The topological polar surface area (TPSA) is 94.4 Å². The van der Waals surface area contributed by atoms with Gasteiger partial charge in [-0.2, -0.15) is 5.10 Å². The van der Waals surface area contributed by atoms with Crippen LogP contribution in [0.3, 0.4) is 0 Å². The Bertz CT molecular complexity index is 1200. The Labute approximate surface area is 199 Å². The number of anilines is 1. The number of hydrogen-bond donors (Lipinski definition) is 1. The number of pyridine rings is 2. The number of nitrogens with zero attached hydrogens (tertiary/aromatic N) is 5. The van der Waals surface area contributed by atoms with Crippen molar-refractivity contribution in [2.75, 3.05) is 25.5 Å². The summed E-state index contributed by atoms with van der Waals surface area (Å²) in [5, 5.41) is 7.10. The number of carbonyl (C=O) groups excluding carboxylic acids is 1. The van der Waals surface area contributed by atoms with Gasteiger partial charge in [0.25, 0.3) is 5.91 Å². The maximum Gasteiger partial charge on any atom is 0.258 e. The van der Waals surface area contributed by atoms with Gasteiger partial charge in [0.2, 0.25) is 5.88 Å². The molecule has 5 rings (SSSR count). The molecule has 0 spiro atoms. The zero-order valence-corrected chi connectivity index (χ0v) is 20.0. The van der Waals surface area contributed by atoms with Crippen LogP contribution in [0.2, 0.25) is 0 Å². The minimum absolute atomic E-state index is 0.0209. The van der Waals surface area contributed by atoms with E-state index in [-0.39, 0.29) is 11.9 Å². The Hall–Kier alpha value is -3.30. The van der Waals surface area contributed by atoms with Crippen LogP contribution in [0.1, 0.15) is 48.7 Å². The predicted molar refractivity (Wildman–Crippen MR) is 128 cm³/mol. The van der Waals surface area contributed by atoms with Gasteiger partial charge >= 0.3 is 0 Å². The number of nitrogens with one attached hydrogen (secondary N) is 1. The van der Waals surface area contributed by atoms with E-state index >= 15 is 0 Å². The molecule has 1 N–H and O–H groups in total. The summed E-state index contributed by atoms with van der Waals surface area (Å²) in [5.41, 5.74) is 2.62. The number of ether oxygens (including phenoxy) is 2. The normalized spacial score (nSPS) is 20.1. The highest BCUT2D eigenvalue weighted by atomic mass is 16.5. The van der Waals surface area contributed by atoms with Crippen LogP contribution in [0, 0.1) is 0 Å². The summed E-state index contributed by atoms with van der Waals surface area (Å²) in [7, 11) is 3.63. The van der Waals surface area contributed by atoms with Crippen LogP contribution in [-0.4, -0.2) is 62.5 Å². The largest absolute Gasteiger partial charge is 0.469 e. The van der Waals surface area contributed by atoms with Crippen LogP contribution in [-0.2, 0) is 11.8 Å². The molecule has 2 aliphatic rings. The third-order valence-electron chi connectivity index (χ3n) is 6.62. The number of fused-ring (bicyclic) bond motifs is 1. The van der Waals surface area contributed by atoms with Gasteiger partial charge in [0.1, 0.15) is 11.4 Å². The summed E-state index contributed by atoms with van der Waals surface area (Å²) in [4.78, 5) is 24.6. The summed E-state index contributed by atoms with van der Waals surface area (Å²) >= 11 is 0. The molecule has 0 aromatic carbocycles. The summed E-state index contributed by atoms with van der Waals surface area (Å²) in [6.07, 6.45) is 7.45. The lowest BCUT2D eigenvalue weighted by Crippen LogP contribution is -2.46. The Morgan fingerprint density at radius 1 is 1.24 bits per heavy atom. The van der Waals surface area contributed by atoms with Crippen molar-refractivity contribution in [1.29, 1.82) is 0 Å². The fourth-order valence-corrected chi connectivity index (χ4v) is 4.97. The molecule has 0 aliphatic carbocycles. The fourth-order valence-electron chi connectivity index (χ4n) is 4.97. The number of likely N-dealkylation sites (tertiary alicyclic amines) is 1. The lowest BCUT2D eigenvalue weighted by molar-refractivity contribution is -0.0173. The summed E-state index contributed by atoms with van der Waals surface area (Å²) in [5.74, 6) is 0.811. The molecule has 2 aliphatic heterocycles. The lowest BCUT2D eigenvalue weighted by atomic mass is 9.91. The number of carbonyl (C=O) groups is 1. The standard InChI is InChI=1S/C25H30N6O3/c1-25(2)22(31-10-8-18(33-4)9-11-31)19-12-16(13-26-24(19)34-25)23(32)29-21-7-5-6-20(28-21)17-14-27-30(3)15-17/h5-7,12-15,18,22H,8-11H2,1-4H3,(H,28,29,32). The van der Waals surface area contributed by atoms with E-state index in [1.165, 1.54) is 0 Å². The van der Waals surface area contributed by atoms with Gasteiger partial charge in [0.05, 0.1) is 29.6 Å². The average molecular weight is 463 g/mol. The van der Waals surface area contributed by atoms with Crippen LogP contribution in [0.5, 0.6) is 5.88 Å². The first-order chi connectivity index (χ1) is 16.3. The molecule has 9 nitrogen and oxygen atoms in total. The molecular weight excluding hydrogens is 432 g/mol. The molecule has 178 valence electrons. The Kier molecular flexibility index (Phi) is 5.83. The van der Waals surface area contributed by atoms with Gasteiger partial charge in [0, 0.05) is 50.8 Å².